The Balaban J connectivity index is 2.18. The fraction of sp³-hybridized carbons (Fsp3) is 0.0714. The summed E-state index contributed by atoms with van der Waals surface area (Å²) in [4.78, 5) is 15.6. The van der Waals surface area contributed by atoms with Crippen LogP contribution in [0.5, 0.6) is 0 Å². The molecule has 0 radical (unpaired) electrons. The van der Waals surface area contributed by atoms with Crippen LogP contribution >= 0.6 is 22.9 Å². The van der Waals surface area contributed by atoms with Crippen LogP contribution in [0.3, 0.4) is 0 Å². The Kier molecular flexibility index (Phi) is 2.73. The lowest BCUT2D eigenvalue weighted by Gasteiger charge is -1.99. The number of carbonyl (C=O) groups excluding carboxylic acids is 1. The number of aromatic nitrogens is 1. The number of thiophene rings is 1. The first-order chi connectivity index (χ1) is 8.66. The number of rotatable bonds is 2. The molecule has 0 unspecified atom stereocenters. The highest BCUT2D eigenvalue weighted by atomic mass is 35.5. The van der Waals surface area contributed by atoms with Gasteiger partial charge in [-0.1, -0.05) is 11.6 Å². The van der Waals surface area contributed by atoms with Gasteiger partial charge in [-0.05, 0) is 36.1 Å². The number of fused-ring (bicyclic) bond motifs is 1. The SMILES string of the molecule is Cc1cscc1C(=O)c1c[nH]c2ccc(Cl)cc12. The number of ketones is 1. The largest absolute Gasteiger partial charge is 0.360 e. The first kappa shape index (κ1) is 11.5. The zero-order chi connectivity index (χ0) is 12.7. The van der Waals surface area contributed by atoms with Crippen LogP contribution in [-0.2, 0) is 0 Å². The van der Waals surface area contributed by atoms with Crippen LogP contribution in [0.2, 0.25) is 5.02 Å². The minimum atomic E-state index is 0.0438. The Hall–Kier alpha value is -1.58. The fourth-order valence-electron chi connectivity index (χ4n) is 2.02. The van der Waals surface area contributed by atoms with E-state index in [9.17, 15) is 4.79 Å². The van der Waals surface area contributed by atoms with E-state index in [4.69, 9.17) is 11.6 Å². The molecule has 0 aliphatic carbocycles. The van der Waals surface area contributed by atoms with E-state index in [-0.39, 0.29) is 5.78 Å². The van der Waals surface area contributed by atoms with Crippen molar-refractivity contribution < 1.29 is 4.79 Å². The van der Waals surface area contributed by atoms with Crippen LogP contribution in [0.25, 0.3) is 10.9 Å². The van der Waals surface area contributed by atoms with Crippen molar-refractivity contribution in [2.45, 2.75) is 6.92 Å². The van der Waals surface area contributed by atoms with Gasteiger partial charge >= 0.3 is 0 Å². The highest BCUT2D eigenvalue weighted by Crippen LogP contribution is 2.26. The molecule has 0 aliphatic heterocycles. The molecule has 3 aromatic rings. The van der Waals surface area contributed by atoms with Crippen molar-refractivity contribution in [3.63, 3.8) is 0 Å². The molecule has 0 aliphatic rings. The molecule has 4 heteroatoms. The van der Waals surface area contributed by atoms with Gasteiger partial charge in [0, 0.05) is 38.6 Å². The van der Waals surface area contributed by atoms with E-state index in [1.54, 1.807) is 17.5 Å². The van der Waals surface area contributed by atoms with Crippen molar-refractivity contribution in [2.24, 2.45) is 0 Å². The summed E-state index contributed by atoms with van der Waals surface area (Å²) in [5, 5.41) is 5.38. The molecule has 90 valence electrons. The van der Waals surface area contributed by atoms with E-state index in [0.29, 0.717) is 10.6 Å². The van der Waals surface area contributed by atoms with Gasteiger partial charge in [-0.2, -0.15) is 11.3 Å². The molecule has 0 saturated carbocycles. The lowest BCUT2D eigenvalue weighted by atomic mass is 10.0. The van der Waals surface area contributed by atoms with Gasteiger partial charge in [0.05, 0.1) is 0 Å². The van der Waals surface area contributed by atoms with Gasteiger partial charge in [0.2, 0.25) is 0 Å². The molecule has 2 heterocycles. The minimum absolute atomic E-state index is 0.0438. The van der Waals surface area contributed by atoms with Crippen LogP contribution in [0.1, 0.15) is 21.5 Å². The molecule has 3 rings (SSSR count). The molecule has 1 N–H and O–H groups in total. The van der Waals surface area contributed by atoms with Crippen molar-refractivity contribution in [1.29, 1.82) is 0 Å². The molecule has 18 heavy (non-hydrogen) atoms. The summed E-state index contributed by atoms with van der Waals surface area (Å²) in [6, 6.07) is 5.52. The third-order valence-corrected chi connectivity index (χ3v) is 4.09. The Morgan fingerprint density at radius 3 is 2.83 bits per heavy atom. The summed E-state index contributed by atoms with van der Waals surface area (Å²) in [5.74, 6) is 0.0438. The molecule has 0 spiro atoms. The number of benzene rings is 1. The normalized spacial score (nSPS) is 11.0. The van der Waals surface area contributed by atoms with Crippen molar-refractivity contribution in [1.82, 2.24) is 4.98 Å². The summed E-state index contributed by atoms with van der Waals surface area (Å²) in [6.07, 6.45) is 1.75. The lowest BCUT2D eigenvalue weighted by molar-refractivity contribution is 0.104. The predicted octanol–water partition coefficient (Wildman–Crippen LogP) is 4.42. The molecule has 2 nitrogen and oxygen atoms in total. The second-order valence-corrected chi connectivity index (χ2v) is 5.37. The van der Waals surface area contributed by atoms with Gasteiger partial charge in [0.25, 0.3) is 0 Å². The van der Waals surface area contributed by atoms with E-state index in [1.165, 1.54) is 0 Å². The van der Waals surface area contributed by atoms with Crippen molar-refractivity contribution >= 4 is 39.6 Å². The predicted molar refractivity (Wildman–Crippen MR) is 75.8 cm³/mol. The Labute approximate surface area is 113 Å². The van der Waals surface area contributed by atoms with Gasteiger partial charge in [-0.3, -0.25) is 4.79 Å². The second kappa shape index (κ2) is 4.26. The van der Waals surface area contributed by atoms with Gasteiger partial charge in [-0.25, -0.2) is 0 Å². The second-order valence-electron chi connectivity index (χ2n) is 4.19. The van der Waals surface area contributed by atoms with E-state index >= 15 is 0 Å². The Morgan fingerprint density at radius 2 is 2.11 bits per heavy atom. The average Bonchev–Trinajstić information content (AvgIpc) is 2.94. The number of nitrogens with one attached hydrogen (secondary N) is 1. The first-order valence-electron chi connectivity index (χ1n) is 5.51. The van der Waals surface area contributed by atoms with Gasteiger partial charge < -0.3 is 4.98 Å². The third kappa shape index (κ3) is 1.76. The summed E-state index contributed by atoms with van der Waals surface area (Å²) < 4.78 is 0. The zero-order valence-corrected chi connectivity index (χ0v) is 11.2. The quantitative estimate of drug-likeness (QED) is 0.690. The molecule has 0 atom stereocenters. The summed E-state index contributed by atoms with van der Waals surface area (Å²) in [7, 11) is 0. The number of halogens is 1. The van der Waals surface area contributed by atoms with Crippen molar-refractivity contribution in [3.05, 3.63) is 56.9 Å². The standard InChI is InChI=1S/C14H10ClNOS/c1-8-6-18-7-12(8)14(17)11-5-16-13-3-2-9(15)4-10(11)13/h2-7,16H,1H3. The molecular formula is C14H10ClNOS. The molecule has 2 aromatic heterocycles. The zero-order valence-electron chi connectivity index (χ0n) is 9.66. The van der Waals surface area contributed by atoms with Crippen LogP contribution in [-0.4, -0.2) is 10.8 Å². The highest BCUT2D eigenvalue weighted by Gasteiger charge is 2.16. The maximum atomic E-state index is 12.5. The Bertz CT molecular complexity index is 741. The topological polar surface area (TPSA) is 32.9 Å². The molecule has 0 saturated heterocycles. The number of aryl methyl sites for hydroxylation is 1. The van der Waals surface area contributed by atoms with Crippen LogP contribution in [0.4, 0.5) is 0 Å². The minimum Gasteiger partial charge on any atom is -0.360 e. The molecular weight excluding hydrogens is 266 g/mol. The van der Waals surface area contributed by atoms with E-state index < -0.39 is 0 Å². The first-order valence-corrected chi connectivity index (χ1v) is 6.83. The molecule has 0 bridgehead atoms. The van der Waals surface area contributed by atoms with E-state index in [2.05, 4.69) is 4.98 Å². The lowest BCUT2D eigenvalue weighted by Crippen LogP contribution is -2.00. The monoisotopic (exact) mass is 275 g/mol. The molecule has 0 amide bonds. The van der Waals surface area contributed by atoms with Gasteiger partial charge in [0.15, 0.2) is 5.78 Å². The number of H-pyrrole nitrogens is 1. The maximum Gasteiger partial charge on any atom is 0.196 e. The van der Waals surface area contributed by atoms with E-state index in [0.717, 1.165) is 22.0 Å². The van der Waals surface area contributed by atoms with Crippen LogP contribution in [0, 0.1) is 6.92 Å². The summed E-state index contributed by atoms with van der Waals surface area (Å²) in [6.45, 7) is 1.95. The summed E-state index contributed by atoms with van der Waals surface area (Å²) >= 11 is 7.53. The number of hydrogen-bond acceptors (Lipinski definition) is 2. The van der Waals surface area contributed by atoms with Gasteiger partial charge in [0.1, 0.15) is 0 Å². The fourth-order valence-corrected chi connectivity index (χ4v) is 3.02. The molecule has 0 fully saturated rings. The highest BCUT2D eigenvalue weighted by molar-refractivity contribution is 7.08. The summed E-state index contributed by atoms with van der Waals surface area (Å²) in [5.41, 5.74) is 3.38. The maximum absolute atomic E-state index is 12.5. The smallest absolute Gasteiger partial charge is 0.196 e. The molecule has 1 aromatic carbocycles. The van der Waals surface area contributed by atoms with Crippen molar-refractivity contribution in [3.8, 4) is 0 Å². The van der Waals surface area contributed by atoms with E-state index in [1.807, 2.05) is 35.9 Å². The average molecular weight is 276 g/mol. The Morgan fingerprint density at radius 1 is 1.28 bits per heavy atom. The van der Waals surface area contributed by atoms with Crippen LogP contribution < -0.4 is 0 Å². The third-order valence-electron chi connectivity index (χ3n) is 2.99. The van der Waals surface area contributed by atoms with Crippen molar-refractivity contribution in [2.75, 3.05) is 0 Å². The van der Waals surface area contributed by atoms with Gasteiger partial charge in [-0.15, -0.1) is 0 Å². The van der Waals surface area contributed by atoms with Crippen LogP contribution in [0.15, 0.2) is 35.2 Å². The number of carbonyl (C=O) groups is 1. The number of hydrogen-bond donors (Lipinski definition) is 1. The number of aromatic amines is 1.